The van der Waals surface area contributed by atoms with Crippen molar-refractivity contribution in [3.8, 4) is 0 Å². The average Bonchev–Trinajstić information content (AvgIpc) is 2.56. The fraction of sp³-hybridized carbons (Fsp3) is 0.619. The van der Waals surface area contributed by atoms with Crippen molar-refractivity contribution in [2.45, 2.75) is 65.6 Å². The molecule has 0 saturated carbocycles. The number of aliphatic imine (C=N–C) groups is 1. The number of benzene rings is 1. The molecule has 0 radical (unpaired) electrons. The van der Waals surface area contributed by atoms with Crippen LogP contribution in [0.4, 0.5) is 0 Å². The van der Waals surface area contributed by atoms with Gasteiger partial charge in [0.1, 0.15) is 6.54 Å². The van der Waals surface area contributed by atoms with Gasteiger partial charge in [0.25, 0.3) is 0 Å². The minimum absolute atomic E-state index is 0.0882. The summed E-state index contributed by atoms with van der Waals surface area (Å²) in [5.74, 6) is 0.554. The van der Waals surface area contributed by atoms with Gasteiger partial charge in [-0.05, 0) is 54.0 Å². The lowest BCUT2D eigenvalue weighted by atomic mass is 10.0. The zero-order valence-electron chi connectivity index (χ0n) is 17.9. The molecule has 1 amide bonds. The first kappa shape index (κ1) is 23.0. The van der Waals surface area contributed by atoms with Crippen LogP contribution < -0.4 is 21.3 Å². The maximum Gasteiger partial charge on any atom is 0.242 e. The third-order valence-electron chi connectivity index (χ3n) is 3.84. The SMILES string of the molecule is CCNC(=NCC(=O)NC(C)(C)C)NCC(C)(C)NC(C)c1ccccc1. The lowest BCUT2D eigenvalue weighted by molar-refractivity contribution is -0.121. The van der Waals surface area contributed by atoms with Crippen molar-refractivity contribution in [2.24, 2.45) is 4.99 Å². The van der Waals surface area contributed by atoms with E-state index in [-0.39, 0.29) is 29.6 Å². The zero-order valence-corrected chi connectivity index (χ0v) is 17.9. The highest BCUT2D eigenvalue weighted by atomic mass is 16.2. The maximum atomic E-state index is 12.0. The van der Waals surface area contributed by atoms with Crippen LogP contribution in [0.1, 0.15) is 60.1 Å². The highest BCUT2D eigenvalue weighted by Gasteiger charge is 2.21. The van der Waals surface area contributed by atoms with Crippen LogP contribution in [0.2, 0.25) is 0 Å². The van der Waals surface area contributed by atoms with E-state index in [1.54, 1.807) is 0 Å². The van der Waals surface area contributed by atoms with Gasteiger partial charge in [-0.1, -0.05) is 30.3 Å². The van der Waals surface area contributed by atoms with Gasteiger partial charge in [0.15, 0.2) is 5.96 Å². The molecule has 1 aromatic carbocycles. The Bertz CT molecular complexity index is 605. The molecule has 1 aromatic rings. The van der Waals surface area contributed by atoms with Crippen LogP contribution in [-0.2, 0) is 4.79 Å². The van der Waals surface area contributed by atoms with Gasteiger partial charge >= 0.3 is 0 Å². The topological polar surface area (TPSA) is 77.5 Å². The lowest BCUT2D eigenvalue weighted by Crippen LogP contribution is -2.52. The summed E-state index contributed by atoms with van der Waals surface area (Å²) < 4.78 is 0. The third-order valence-corrected chi connectivity index (χ3v) is 3.84. The van der Waals surface area contributed by atoms with Gasteiger partial charge in [0.05, 0.1) is 0 Å². The Balaban J connectivity index is 2.60. The number of guanidine groups is 1. The largest absolute Gasteiger partial charge is 0.357 e. The minimum atomic E-state index is -0.252. The Labute approximate surface area is 164 Å². The second-order valence-electron chi connectivity index (χ2n) is 8.51. The average molecular weight is 376 g/mol. The second-order valence-corrected chi connectivity index (χ2v) is 8.51. The molecule has 0 spiro atoms. The molecule has 1 rings (SSSR count). The van der Waals surface area contributed by atoms with Gasteiger partial charge in [0, 0.05) is 30.2 Å². The Morgan fingerprint density at radius 2 is 1.70 bits per heavy atom. The van der Waals surface area contributed by atoms with Crippen LogP contribution >= 0.6 is 0 Å². The molecule has 0 saturated heterocycles. The van der Waals surface area contributed by atoms with Crippen molar-refractivity contribution in [3.05, 3.63) is 35.9 Å². The number of carbonyl (C=O) groups is 1. The molecule has 1 atom stereocenters. The van der Waals surface area contributed by atoms with Gasteiger partial charge in [-0.15, -0.1) is 0 Å². The van der Waals surface area contributed by atoms with E-state index in [2.05, 4.69) is 71.3 Å². The van der Waals surface area contributed by atoms with E-state index in [0.717, 1.165) is 6.54 Å². The van der Waals surface area contributed by atoms with E-state index in [4.69, 9.17) is 0 Å². The van der Waals surface area contributed by atoms with Crippen LogP contribution in [-0.4, -0.2) is 42.6 Å². The van der Waals surface area contributed by atoms with E-state index in [1.165, 1.54) is 5.56 Å². The second kappa shape index (κ2) is 10.3. The molecule has 1 unspecified atom stereocenters. The monoisotopic (exact) mass is 375 g/mol. The summed E-state index contributed by atoms with van der Waals surface area (Å²) in [7, 11) is 0. The summed E-state index contributed by atoms with van der Waals surface area (Å²) >= 11 is 0. The van der Waals surface area contributed by atoms with Crippen molar-refractivity contribution in [2.75, 3.05) is 19.6 Å². The first-order valence-corrected chi connectivity index (χ1v) is 9.68. The maximum absolute atomic E-state index is 12.0. The molecule has 0 aliphatic carbocycles. The molecule has 0 aromatic heterocycles. The van der Waals surface area contributed by atoms with E-state index in [9.17, 15) is 4.79 Å². The highest BCUT2D eigenvalue weighted by molar-refractivity contribution is 5.85. The Hall–Kier alpha value is -2.08. The summed E-state index contributed by atoms with van der Waals surface area (Å²) in [5, 5.41) is 13.1. The molecule has 0 heterocycles. The number of nitrogens with one attached hydrogen (secondary N) is 4. The van der Waals surface area contributed by atoms with Gasteiger partial charge in [-0.25, -0.2) is 4.99 Å². The van der Waals surface area contributed by atoms with Gasteiger partial charge in [0.2, 0.25) is 5.91 Å². The molecule has 0 fully saturated rings. The number of hydrogen-bond acceptors (Lipinski definition) is 3. The fourth-order valence-corrected chi connectivity index (χ4v) is 2.72. The summed E-state index contributed by atoms with van der Waals surface area (Å²) in [6, 6.07) is 10.6. The van der Waals surface area contributed by atoms with Crippen molar-refractivity contribution in [3.63, 3.8) is 0 Å². The van der Waals surface area contributed by atoms with Crippen LogP contribution in [0.5, 0.6) is 0 Å². The normalized spacial score (nSPS) is 13.8. The molecule has 0 aliphatic rings. The first-order chi connectivity index (χ1) is 12.5. The number of nitrogens with zero attached hydrogens (tertiary/aromatic N) is 1. The number of rotatable bonds is 8. The Morgan fingerprint density at radius 1 is 1.07 bits per heavy atom. The first-order valence-electron chi connectivity index (χ1n) is 9.68. The summed E-state index contributed by atoms with van der Waals surface area (Å²) in [6.45, 7) is 15.9. The number of amides is 1. The van der Waals surface area contributed by atoms with E-state index >= 15 is 0 Å². The van der Waals surface area contributed by atoms with Gasteiger partial charge in [-0.3, -0.25) is 4.79 Å². The molecule has 152 valence electrons. The van der Waals surface area contributed by atoms with E-state index < -0.39 is 0 Å². The Morgan fingerprint density at radius 3 is 2.26 bits per heavy atom. The standard InChI is InChI=1S/C21H37N5O/c1-8-22-19(23-14-18(27)26-20(3,4)5)24-15-21(6,7)25-16(2)17-12-10-9-11-13-17/h9-13,16,25H,8,14-15H2,1-7H3,(H,26,27)(H2,22,23,24). The summed E-state index contributed by atoms with van der Waals surface area (Å²) in [6.07, 6.45) is 0. The molecule has 6 nitrogen and oxygen atoms in total. The molecule has 0 aliphatic heterocycles. The van der Waals surface area contributed by atoms with Crippen LogP contribution in [0.25, 0.3) is 0 Å². The molecular weight excluding hydrogens is 338 g/mol. The zero-order chi connectivity index (χ0) is 20.5. The van der Waals surface area contributed by atoms with E-state index in [0.29, 0.717) is 12.5 Å². The molecule has 6 heteroatoms. The Kier molecular flexibility index (Phi) is 8.76. The van der Waals surface area contributed by atoms with Crippen molar-refractivity contribution < 1.29 is 4.79 Å². The van der Waals surface area contributed by atoms with Crippen molar-refractivity contribution in [1.82, 2.24) is 21.3 Å². The van der Waals surface area contributed by atoms with Gasteiger partial charge < -0.3 is 21.3 Å². The fourth-order valence-electron chi connectivity index (χ4n) is 2.72. The molecule has 27 heavy (non-hydrogen) atoms. The minimum Gasteiger partial charge on any atom is -0.357 e. The summed E-state index contributed by atoms with van der Waals surface area (Å²) in [5.41, 5.74) is 0.849. The smallest absolute Gasteiger partial charge is 0.242 e. The third kappa shape index (κ3) is 9.99. The quantitative estimate of drug-likeness (QED) is 0.416. The predicted octanol–water partition coefficient (Wildman–Crippen LogP) is 2.59. The van der Waals surface area contributed by atoms with Gasteiger partial charge in [-0.2, -0.15) is 0 Å². The number of carbonyl (C=O) groups excluding carboxylic acids is 1. The highest BCUT2D eigenvalue weighted by Crippen LogP contribution is 2.15. The van der Waals surface area contributed by atoms with Crippen LogP contribution in [0, 0.1) is 0 Å². The van der Waals surface area contributed by atoms with E-state index in [1.807, 2.05) is 33.8 Å². The van der Waals surface area contributed by atoms with Crippen molar-refractivity contribution >= 4 is 11.9 Å². The van der Waals surface area contributed by atoms with Crippen LogP contribution in [0.3, 0.4) is 0 Å². The molecular formula is C21H37N5O. The predicted molar refractivity (Wildman–Crippen MR) is 114 cm³/mol. The van der Waals surface area contributed by atoms with Crippen LogP contribution in [0.15, 0.2) is 35.3 Å². The molecule has 4 N–H and O–H groups in total. The molecule has 0 bridgehead atoms. The number of hydrogen-bond donors (Lipinski definition) is 4. The van der Waals surface area contributed by atoms with Crippen molar-refractivity contribution in [1.29, 1.82) is 0 Å². The summed E-state index contributed by atoms with van der Waals surface area (Å²) in [4.78, 5) is 16.4. The lowest BCUT2D eigenvalue weighted by Gasteiger charge is -2.31.